The summed E-state index contributed by atoms with van der Waals surface area (Å²) < 4.78 is 27.5. The molecule has 3 rings (SSSR count). The van der Waals surface area contributed by atoms with E-state index in [0.717, 1.165) is 11.1 Å². The van der Waals surface area contributed by atoms with Crippen molar-refractivity contribution in [2.75, 3.05) is 26.2 Å². The Morgan fingerprint density at radius 2 is 1.61 bits per heavy atom. The van der Waals surface area contributed by atoms with Crippen LogP contribution in [-0.2, 0) is 26.2 Å². The van der Waals surface area contributed by atoms with E-state index in [1.165, 1.54) is 4.31 Å². The SMILES string of the molecule is Cc1ccc(C)c(S(=O)(=O)N2CCN(C(=O)CCC(=O)NCc3ccccc3)CC2)c1. The molecular weight excluding hydrogens is 414 g/mol. The Morgan fingerprint density at radius 3 is 2.29 bits per heavy atom. The number of hydrogen-bond acceptors (Lipinski definition) is 4. The van der Waals surface area contributed by atoms with Crippen LogP contribution in [-0.4, -0.2) is 55.6 Å². The number of nitrogens with zero attached hydrogens (tertiary/aromatic N) is 2. The number of carbonyl (C=O) groups excluding carboxylic acids is 2. The molecule has 1 N–H and O–H groups in total. The summed E-state index contributed by atoms with van der Waals surface area (Å²) in [5.41, 5.74) is 2.61. The van der Waals surface area contributed by atoms with E-state index in [9.17, 15) is 18.0 Å². The Kier molecular flexibility index (Phi) is 7.46. The molecule has 2 aromatic rings. The Balaban J connectivity index is 1.47. The van der Waals surface area contributed by atoms with Gasteiger partial charge in [-0.1, -0.05) is 42.5 Å². The minimum Gasteiger partial charge on any atom is -0.352 e. The number of hydrogen-bond donors (Lipinski definition) is 1. The maximum Gasteiger partial charge on any atom is 0.243 e. The number of carbonyl (C=O) groups is 2. The third-order valence-corrected chi connectivity index (χ3v) is 7.49. The Labute approximate surface area is 184 Å². The molecular formula is C23H29N3O4S. The zero-order valence-electron chi connectivity index (χ0n) is 18.0. The summed E-state index contributed by atoms with van der Waals surface area (Å²) in [7, 11) is -3.59. The van der Waals surface area contributed by atoms with Gasteiger partial charge in [0.25, 0.3) is 0 Å². The molecule has 2 aromatic carbocycles. The van der Waals surface area contributed by atoms with Crippen molar-refractivity contribution in [2.24, 2.45) is 0 Å². The van der Waals surface area contributed by atoms with Crippen LogP contribution < -0.4 is 5.32 Å². The van der Waals surface area contributed by atoms with Gasteiger partial charge in [-0.2, -0.15) is 4.31 Å². The van der Waals surface area contributed by atoms with Crippen LogP contribution in [0.25, 0.3) is 0 Å². The van der Waals surface area contributed by atoms with Gasteiger partial charge in [0.2, 0.25) is 21.8 Å². The Morgan fingerprint density at radius 1 is 0.935 bits per heavy atom. The lowest BCUT2D eigenvalue weighted by Crippen LogP contribution is -2.50. The van der Waals surface area contributed by atoms with E-state index in [0.29, 0.717) is 30.1 Å². The van der Waals surface area contributed by atoms with Crippen LogP contribution in [0.1, 0.15) is 29.5 Å². The number of benzene rings is 2. The predicted molar refractivity (Wildman–Crippen MR) is 119 cm³/mol. The van der Waals surface area contributed by atoms with Gasteiger partial charge in [-0.25, -0.2) is 8.42 Å². The first-order chi connectivity index (χ1) is 14.8. The lowest BCUT2D eigenvalue weighted by molar-refractivity contribution is -0.134. The van der Waals surface area contributed by atoms with Crippen LogP contribution >= 0.6 is 0 Å². The van der Waals surface area contributed by atoms with Crippen molar-refractivity contribution < 1.29 is 18.0 Å². The van der Waals surface area contributed by atoms with Crippen LogP contribution in [0.15, 0.2) is 53.4 Å². The first-order valence-corrected chi connectivity index (χ1v) is 11.9. The second-order valence-corrected chi connectivity index (χ2v) is 9.72. The summed E-state index contributed by atoms with van der Waals surface area (Å²) in [6, 6.07) is 15.0. The van der Waals surface area contributed by atoms with Crippen LogP contribution in [0.2, 0.25) is 0 Å². The molecule has 0 atom stereocenters. The Hall–Kier alpha value is -2.71. The van der Waals surface area contributed by atoms with E-state index in [1.54, 1.807) is 17.9 Å². The standard InChI is InChI=1S/C23H29N3O4S/c1-18-8-9-19(2)21(16-18)31(29,30)26-14-12-25(13-15-26)23(28)11-10-22(27)24-17-20-6-4-3-5-7-20/h3-9,16H,10-15,17H2,1-2H3,(H,24,27). The summed E-state index contributed by atoms with van der Waals surface area (Å²) in [6.07, 6.45) is 0.233. The molecule has 1 aliphatic rings. The van der Waals surface area contributed by atoms with Crippen molar-refractivity contribution in [3.05, 3.63) is 65.2 Å². The van der Waals surface area contributed by atoms with Crippen molar-refractivity contribution in [2.45, 2.75) is 38.1 Å². The number of sulfonamides is 1. The van der Waals surface area contributed by atoms with Gasteiger partial charge >= 0.3 is 0 Å². The summed E-state index contributed by atoms with van der Waals surface area (Å²) in [4.78, 5) is 26.5. The van der Waals surface area contributed by atoms with Crippen LogP contribution in [0.5, 0.6) is 0 Å². The van der Waals surface area contributed by atoms with E-state index >= 15 is 0 Å². The predicted octanol–water partition coefficient (Wildman–Crippen LogP) is 2.23. The molecule has 0 radical (unpaired) electrons. The highest BCUT2D eigenvalue weighted by molar-refractivity contribution is 7.89. The molecule has 8 heteroatoms. The van der Waals surface area contributed by atoms with Gasteiger partial charge in [-0.05, 0) is 36.6 Å². The molecule has 0 aliphatic carbocycles. The summed E-state index contributed by atoms with van der Waals surface area (Å²) >= 11 is 0. The van der Waals surface area contributed by atoms with Gasteiger partial charge < -0.3 is 10.2 Å². The van der Waals surface area contributed by atoms with Crippen molar-refractivity contribution in [3.8, 4) is 0 Å². The number of nitrogens with one attached hydrogen (secondary N) is 1. The van der Waals surface area contributed by atoms with Crippen molar-refractivity contribution in [1.29, 1.82) is 0 Å². The average molecular weight is 444 g/mol. The van der Waals surface area contributed by atoms with Gasteiger partial charge in [-0.15, -0.1) is 0 Å². The molecule has 1 heterocycles. The normalized spacial score (nSPS) is 15.0. The average Bonchev–Trinajstić information content (AvgIpc) is 2.78. The minimum atomic E-state index is -3.59. The zero-order chi connectivity index (χ0) is 22.4. The van der Waals surface area contributed by atoms with Crippen molar-refractivity contribution >= 4 is 21.8 Å². The molecule has 0 unspecified atom stereocenters. The third kappa shape index (κ3) is 5.92. The first-order valence-electron chi connectivity index (χ1n) is 10.4. The van der Waals surface area contributed by atoms with Gasteiger partial charge in [0.05, 0.1) is 4.90 Å². The molecule has 0 bridgehead atoms. The summed E-state index contributed by atoms with van der Waals surface area (Å²) in [5.74, 6) is -0.299. The van der Waals surface area contributed by atoms with Crippen LogP contribution in [0, 0.1) is 13.8 Å². The smallest absolute Gasteiger partial charge is 0.243 e. The van der Waals surface area contributed by atoms with E-state index in [-0.39, 0.29) is 37.7 Å². The number of amides is 2. The third-order valence-electron chi connectivity index (χ3n) is 5.45. The highest BCUT2D eigenvalue weighted by atomic mass is 32.2. The molecule has 1 aliphatic heterocycles. The second-order valence-electron chi connectivity index (χ2n) is 7.82. The van der Waals surface area contributed by atoms with Crippen molar-refractivity contribution in [3.63, 3.8) is 0 Å². The number of aryl methyl sites for hydroxylation is 2. The van der Waals surface area contributed by atoms with E-state index < -0.39 is 10.0 Å². The molecule has 31 heavy (non-hydrogen) atoms. The maximum absolute atomic E-state index is 13.0. The fourth-order valence-electron chi connectivity index (χ4n) is 3.57. The number of piperazine rings is 1. The Bertz CT molecular complexity index is 1030. The summed E-state index contributed by atoms with van der Waals surface area (Å²) in [6.45, 7) is 5.25. The first kappa shape index (κ1) is 23.0. The van der Waals surface area contributed by atoms with E-state index in [2.05, 4.69) is 5.32 Å². The molecule has 2 amide bonds. The molecule has 0 saturated carbocycles. The fraction of sp³-hybridized carbons (Fsp3) is 0.391. The second kappa shape index (κ2) is 10.1. The van der Waals surface area contributed by atoms with Gasteiger partial charge in [0, 0.05) is 45.6 Å². The van der Waals surface area contributed by atoms with Crippen molar-refractivity contribution in [1.82, 2.24) is 14.5 Å². The molecule has 7 nitrogen and oxygen atoms in total. The lowest BCUT2D eigenvalue weighted by Gasteiger charge is -2.34. The van der Waals surface area contributed by atoms with Gasteiger partial charge in [-0.3, -0.25) is 9.59 Å². The van der Waals surface area contributed by atoms with Crippen LogP contribution in [0.3, 0.4) is 0 Å². The highest BCUT2D eigenvalue weighted by Gasteiger charge is 2.31. The quantitative estimate of drug-likeness (QED) is 0.711. The molecule has 0 aromatic heterocycles. The van der Waals surface area contributed by atoms with Crippen LogP contribution in [0.4, 0.5) is 0 Å². The molecule has 1 saturated heterocycles. The monoisotopic (exact) mass is 443 g/mol. The lowest BCUT2D eigenvalue weighted by atomic mass is 10.2. The molecule has 1 fully saturated rings. The zero-order valence-corrected chi connectivity index (χ0v) is 18.8. The van der Waals surface area contributed by atoms with Gasteiger partial charge in [0.15, 0.2) is 0 Å². The topological polar surface area (TPSA) is 86.8 Å². The number of rotatable bonds is 7. The van der Waals surface area contributed by atoms with E-state index in [1.807, 2.05) is 49.4 Å². The van der Waals surface area contributed by atoms with Gasteiger partial charge in [0.1, 0.15) is 0 Å². The summed E-state index contributed by atoms with van der Waals surface area (Å²) in [5, 5.41) is 2.81. The minimum absolute atomic E-state index is 0.115. The van der Waals surface area contributed by atoms with E-state index in [4.69, 9.17) is 0 Å². The molecule has 166 valence electrons. The maximum atomic E-state index is 13.0. The fourth-order valence-corrected chi connectivity index (χ4v) is 5.30. The largest absolute Gasteiger partial charge is 0.352 e. The highest BCUT2D eigenvalue weighted by Crippen LogP contribution is 2.22. The molecule has 0 spiro atoms.